The number of carboxylic acid groups (broad SMARTS) is 1. The molecule has 7 nitrogen and oxygen atoms in total. The van der Waals surface area contributed by atoms with Crippen LogP contribution in [0.4, 0.5) is 0 Å². The standard InChI is InChI=1S/C24H41NO6S/c1-14(4-7-21(27)28)17-5-6-18-22-19(9-11-24(17,18)3)23(2)10-8-16(26)12-15(23)13-20(22)25-32(29,30)31/h14-20,22,25-26H,4-13H2,1-3H3,(H,27,28)(H,29,30,31)/t14-,15?,16-,17-,18+,19+,20?,22?,23?,24?/m1/s1. The molecule has 8 heteroatoms. The van der Waals surface area contributed by atoms with E-state index < -0.39 is 16.3 Å². The summed E-state index contributed by atoms with van der Waals surface area (Å²) in [4.78, 5) is 11.1. The molecular weight excluding hydrogens is 430 g/mol. The van der Waals surface area contributed by atoms with Gasteiger partial charge in [-0.3, -0.25) is 9.35 Å². The molecule has 5 unspecified atom stereocenters. The molecule has 0 aromatic carbocycles. The monoisotopic (exact) mass is 471 g/mol. The first-order valence-corrected chi connectivity index (χ1v) is 13.9. The molecule has 0 bridgehead atoms. The molecule has 0 saturated heterocycles. The van der Waals surface area contributed by atoms with Gasteiger partial charge in [-0.05, 0) is 104 Å². The van der Waals surface area contributed by atoms with Crippen LogP contribution in [0.2, 0.25) is 0 Å². The molecule has 4 saturated carbocycles. The Balaban J connectivity index is 1.64. The molecule has 0 aliphatic heterocycles. The number of hydrogen-bond acceptors (Lipinski definition) is 4. The summed E-state index contributed by atoms with van der Waals surface area (Å²) in [6.07, 6.45) is 7.92. The Morgan fingerprint density at radius 3 is 2.38 bits per heavy atom. The van der Waals surface area contributed by atoms with Crippen LogP contribution in [0, 0.1) is 46.3 Å². The van der Waals surface area contributed by atoms with Crippen molar-refractivity contribution in [3.8, 4) is 0 Å². The fourth-order valence-electron chi connectivity index (χ4n) is 9.09. The van der Waals surface area contributed by atoms with E-state index in [1.54, 1.807) is 0 Å². The predicted molar refractivity (Wildman–Crippen MR) is 121 cm³/mol. The summed E-state index contributed by atoms with van der Waals surface area (Å²) in [5, 5.41) is 19.5. The molecule has 4 aliphatic rings. The van der Waals surface area contributed by atoms with E-state index in [0.29, 0.717) is 42.9 Å². The molecule has 0 spiro atoms. The second kappa shape index (κ2) is 8.51. The first-order valence-electron chi connectivity index (χ1n) is 12.5. The minimum atomic E-state index is -4.32. The third kappa shape index (κ3) is 4.25. The van der Waals surface area contributed by atoms with Crippen molar-refractivity contribution in [1.29, 1.82) is 0 Å². The van der Waals surface area contributed by atoms with Crippen molar-refractivity contribution in [2.24, 2.45) is 46.3 Å². The van der Waals surface area contributed by atoms with E-state index in [1.165, 1.54) is 0 Å². The van der Waals surface area contributed by atoms with Crippen molar-refractivity contribution in [1.82, 2.24) is 4.72 Å². The summed E-state index contributed by atoms with van der Waals surface area (Å²) in [5.41, 5.74) is 0.158. The Morgan fingerprint density at radius 2 is 1.72 bits per heavy atom. The Hall–Kier alpha value is -0.700. The maximum Gasteiger partial charge on any atom is 0.333 e. The second-order valence-corrected chi connectivity index (χ2v) is 13.2. The zero-order valence-electron chi connectivity index (χ0n) is 19.7. The number of fused-ring (bicyclic) bond motifs is 5. The van der Waals surface area contributed by atoms with Gasteiger partial charge in [0.1, 0.15) is 0 Å². The van der Waals surface area contributed by atoms with Crippen LogP contribution in [0.15, 0.2) is 0 Å². The maximum atomic E-state index is 11.9. The zero-order chi connectivity index (χ0) is 23.5. The average Bonchev–Trinajstić information content (AvgIpc) is 3.03. The van der Waals surface area contributed by atoms with Gasteiger partial charge in [-0.2, -0.15) is 13.1 Å². The molecule has 10 atom stereocenters. The molecule has 0 aromatic heterocycles. The first-order chi connectivity index (χ1) is 14.8. The summed E-state index contributed by atoms with van der Waals surface area (Å²) in [6, 6.07) is -0.309. The van der Waals surface area contributed by atoms with Crippen molar-refractivity contribution >= 4 is 16.3 Å². The van der Waals surface area contributed by atoms with Gasteiger partial charge in [-0.1, -0.05) is 20.8 Å². The highest BCUT2D eigenvalue weighted by molar-refractivity contribution is 7.83. The van der Waals surface area contributed by atoms with E-state index in [1.807, 2.05) is 0 Å². The van der Waals surface area contributed by atoms with E-state index in [-0.39, 0.29) is 41.2 Å². The summed E-state index contributed by atoms with van der Waals surface area (Å²) < 4.78 is 36.1. The second-order valence-electron chi connectivity index (χ2n) is 12.0. The van der Waals surface area contributed by atoms with Gasteiger partial charge in [0.15, 0.2) is 0 Å². The zero-order valence-corrected chi connectivity index (χ0v) is 20.5. The predicted octanol–water partition coefficient (Wildman–Crippen LogP) is 3.88. The van der Waals surface area contributed by atoms with E-state index in [0.717, 1.165) is 38.5 Å². The largest absolute Gasteiger partial charge is 0.481 e. The van der Waals surface area contributed by atoms with Crippen molar-refractivity contribution in [2.45, 2.75) is 97.1 Å². The fourth-order valence-corrected chi connectivity index (χ4v) is 9.72. The van der Waals surface area contributed by atoms with Crippen LogP contribution in [0.1, 0.15) is 85.0 Å². The minimum absolute atomic E-state index is 0.0651. The topological polar surface area (TPSA) is 124 Å². The molecule has 4 rings (SSSR count). The lowest BCUT2D eigenvalue weighted by Crippen LogP contribution is -2.62. The lowest BCUT2D eigenvalue weighted by Gasteiger charge is -2.63. The van der Waals surface area contributed by atoms with E-state index in [2.05, 4.69) is 25.5 Å². The summed E-state index contributed by atoms with van der Waals surface area (Å²) in [5.74, 6) is 1.18. The van der Waals surface area contributed by atoms with Crippen molar-refractivity contribution in [2.75, 3.05) is 0 Å². The number of hydrogen-bond donors (Lipinski definition) is 4. The van der Waals surface area contributed by atoms with Crippen LogP contribution in [0.3, 0.4) is 0 Å². The number of nitrogens with one attached hydrogen (secondary N) is 1. The summed E-state index contributed by atoms with van der Waals surface area (Å²) in [6.45, 7) is 6.89. The molecule has 184 valence electrons. The molecule has 4 aliphatic carbocycles. The quantitative estimate of drug-likeness (QED) is 0.436. The summed E-state index contributed by atoms with van der Waals surface area (Å²) >= 11 is 0. The van der Waals surface area contributed by atoms with Crippen molar-refractivity contribution in [3.63, 3.8) is 0 Å². The molecule has 0 amide bonds. The average molecular weight is 472 g/mol. The highest BCUT2D eigenvalue weighted by atomic mass is 32.2. The van der Waals surface area contributed by atoms with Crippen LogP contribution in [0.5, 0.6) is 0 Å². The van der Waals surface area contributed by atoms with Crippen LogP contribution in [-0.2, 0) is 15.1 Å². The lowest BCUT2D eigenvalue weighted by molar-refractivity contribution is -0.141. The van der Waals surface area contributed by atoms with Gasteiger partial charge in [-0.15, -0.1) is 0 Å². The van der Waals surface area contributed by atoms with Gasteiger partial charge < -0.3 is 10.2 Å². The molecule has 0 aromatic rings. The van der Waals surface area contributed by atoms with E-state index >= 15 is 0 Å². The van der Waals surface area contributed by atoms with Crippen LogP contribution >= 0.6 is 0 Å². The first kappa shape index (κ1) is 24.4. The highest BCUT2D eigenvalue weighted by Gasteiger charge is 2.63. The Morgan fingerprint density at radius 1 is 1.06 bits per heavy atom. The number of rotatable bonds is 6. The van der Waals surface area contributed by atoms with Gasteiger partial charge in [0.2, 0.25) is 0 Å². The van der Waals surface area contributed by atoms with Gasteiger partial charge in [-0.25, -0.2) is 0 Å². The Bertz CT molecular complexity index is 832. The smallest absolute Gasteiger partial charge is 0.333 e. The van der Waals surface area contributed by atoms with Crippen LogP contribution in [0.25, 0.3) is 0 Å². The van der Waals surface area contributed by atoms with E-state index in [9.17, 15) is 22.9 Å². The molecule has 0 heterocycles. The van der Waals surface area contributed by atoms with E-state index in [4.69, 9.17) is 5.11 Å². The Labute approximate surface area is 192 Å². The minimum Gasteiger partial charge on any atom is -0.481 e. The number of carboxylic acids is 1. The van der Waals surface area contributed by atoms with Gasteiger partial charge >= 0.3 is 16.3 Å². The number of carbonyl (C=O) groups is 1. The third-order valence-corrected chi connectivity index (χ3v) is 11.2. The number of aliphatic hydroxyl groups is 1. The molecule has 4 N–H and O–H groups in total. The fraction of sp³-hybridized carbons (Fsp3) is 0.958. The number of aliphatic carboxylic acids is 1. The molecular formula is C24H41NO6S. The lowest BCUT2D eigenvalue weighted by atomic mass is 9.43. The summed E-state index contributed by atoms with van der Waals surface area (Å²) in [7, 11) is -4.32. The van der Waals surface area contributed by atoms with Crippen LogP contribution < -0.4 is 4.72 Å². The normalized spacial score (nSPS) is 47.2. The van der Waals surface area contributed by atoms with Crippen LogP contribution in [-0.4, -0.2) is 41.3 Å². The maximum absolute atomic E-state index is 11.9. The number of aliphatic hydroxyl groups excluding tert-OH is 1. The highest BCUT2D eigenvalue weighted by Crippen LogP contribution is 2.68. The van der Waals surface area contributed by atoms with Crippen molar-refractivity contribution in [3.05, 3.63) is 0 Å². The molecule has 0 radical (unpaired) electrons. The van der Waals surface area contributed by atoms with Gasteiger partial charge in [0.05, 0.1) is 6.10 Å². The third-order valence-electron chi connectivity index (χ3n) is 10.6. The SMILES string of the molecule is C[C@H](CCC(=O)O)[C@H]1CC[C@H]2C3C(NS(=O)(=O)O)CC4C[C@H](O)CCC4(C)[C@H]3CCC12C. The van der Waals surface area contributed by atoms with Gasteiger partial charge in [0, 0.05) is 12.5 Å². The molecule has 32 heavy (non-hydrogen) atoms. The van der Waals surface area contributed by atoms with Crippen molar-refractivity contribution < 1.29 is 28.0 Å². The Kier molecular flexibility index (Phi) is 6.49. The van der Waals surface area contributed by atoms with Gasteiger partial charge in [0.25, 0.3) is 0 Å². The molecule has 4 fully saturated rings.